The minimum atomic E-state index is -0.585. The van der Waals surface area contributed by atoms with E-state index in [0.29, 0.717) is 0 Å². The minimum Gasteiger partial charge on any atom is -0.427 e. The minimum absolute atomic E-state index is 0.275. The van der Waals surface area contributed by atoms with Crippen LogP contribution in [0.1, 0.15) is 34.6 Å². The van der Waals surface area contributed by atoms with Gasteiger partial charge in [0.25, 0.3) is 0 Å². The molecule has 4 nitrogen and oxygen atoms in total. The molecular formula is C11H21NO3. The van der Waals surface area contributed by atoms with Crippen LogP contribution in [0.2, 0.25) is 0 Å². The van der Waals surface area contributed by atoms with Crippen LogP contribution in [-0.4, -0.2) is 30.9 Å². The standard InChI is InChI=1S/C11H21NO3/c1-9(2)11(5,7-12-6)10(3,4)15-8(13)14-9/h12H,7H2,1-6H3. The van der Waals surface area contributed by atoms with Gasteiger partial charge in [0.15, 0.2) is 0 Å². The topological polar surface area (TPSA) is 47.6 Å². The number of rotatable bonds is 2. The normalized spacial score (nSPS) is 26.7. The second-order valence-corrected chi connectivity index (χ2v) is 5.34. The fourth-order valence-electron chi connectivity index (χ4n) is 2.17. The van der Waals surface area contributed by atoms with Crippen LogP contribution in [-0.2, 0) is 9.47 Å². The molecule has 0 aromatic rings. The number of hydrogen-bond donors (Lipinski definition) is 1. The predicted octanol–water partition coefficient (Wildman–Crippen LogP) is 1.94. The average Bonchev–Trinajstić information content (AvgIpc) is 1.99. The maximum atomic E-state index is 11.3. The van der Waals surface area contributed by atoms with Gasteiger partial charge in [-0.1, -0.05) is 6.92 Å². The van der Waals surface area contributed by atoms with Gasteiger partial charge in [-0.15, -0.1) is 0 Å². The van der Waals surface area contributed by atoms with Crippen LogP contribution in [0.5, 0.6) is 0 Å². The molecule has 0 spiro atoms. The molecule has 1 aliphatic rings. The number of carbonyl (C=O) groups excluding carboxylic acids is 1. The molecule has 1 rings (SSSR count). The van der Waals surface area contributed by atoms with Gasteiger partial charge >= 0.3 is 6.16 Å². The lowest BCUT2D eigenvalue weighted by atomic mass is 9.64. The molecule has 0 atom stereocenters. The van der Waals surface area contributed by atoms with Crippen LogP contribution in [0.4, 0.5) is 4.79 Å². The summed E-state index contributed by atoms with van der Waals surface area (Å²) >= 11 is 0. The lowest BCUT2D eigenvalue weighted by Crippen LogP contribution is -2.66. The van der Waals surface area contributed by atoms with Gasteiger partial charge in [-0.3, -0.25) is 0 Å². The lowest BCUT2D eigenvalue weighted by Gasteiger charge is -2.55. The summed E-state index contributed by atoms with van der Waals surface area (Å²) in [7, 11) is 1.88. The fraction of sp³-hybridized carbons (Fsp3) is 0.909. The second-order valence-electron chi connectivity index (χ2n) is 5.34. The number of ether oxygens (including phenoxy) is 2. The summed E-state index contributed by atoms with van der Waals surface area (Å²) in [4.78, 5) is 11.3. The zero-order valence-corrected chi connectivity index (χ0v) is 10.4. The maximum Gasteiger partial charge on any atom is 0.509 e. The monoisotopic (exact) mass is 215 g/mol. The highest BCUT2D eigenvalue weighted by Crippen LogP contribution is 2.48. The van der Waals surface area contributed by atoms with E-state index in [-0.39, 0.29) is 5.41 Å². The van der Waals surface area contributed by atoms with Crippen molar-refractivity contribution in [2.45, 2.75) is 45.8 Å². The van der Waals surface area contributed by atoms with Crippen molar-refractivity contribution in [1.82, 2.24) is 5.32 Å². The molecule has 0 amide bonds. The summed E-state index contributed by atoms with van der Waals surface area (Å²) in [6.45, 7) is 10.5. The van der Waals surface area contributed by atoms with Gasteiger partial charge in [0.05, 0.1) is 5.41 Å². The molecule has 0 bridgehead atoms. The molecule has 1 N–H and O–H groups in total. The number of carbonyl (C=O) groups is 1. The van der Waals surface area contributed by atoms with E-state index in [2.05, 4.69) is 12.2 Å². The molecule has 0 saturated carbocycles. The van der Waals surface area contributed by atoms with E-state index in [0.717, 1.165) is 6.54 Å². The van der Waals surface area contributed by atoms with Crippen molar-refractivity contribution in [1.29, 1.82) is 0 Å². The molecular weight excluding hydrogens is 194 g/mol. The highest BCUT2D eigenvalue weighted by Gasteiger charge is 2.59. The van der Waals surface area contributed by atoms with Gasteiger partial charge in [-0.05, 0) is 34.7 Å². The van der Waals surface area contributed by atoms with E-state index in [4.69, 9.17) is 9.47 Å². The molecule has 0 aromatic carbocycles. The molecule has 1 aliphatic heterocycles. The molecule has 1 heterocycles. The third kappa shape index (κ3) is 1.71. The van der Waals surface area contributed by atoms with Gasteiger partial charge in [-0.2, -0.15) is 0 Å². The first kappa shape index (κ1) is 12.3. The predicted molar refractivity (Wildman–Crippen MR) is 57.8 cm³/mol. The Morgan fingerprint density at radius 1 is 1.07 bits per heavy atom. The number of cyclic esters (lactones) is 2. The average molecular weight is 215 g/mol. The van der Waals surface area contributed by atoms with Crippen molar-refractivity contribution in [2.24, 2.45) is 5.41 Å². The maximum absolute atomic E-state index is 11.3. The van der Waals surface area contributed by atoms with Crippen molar-refractivity contribution in [2.75, 3.05) is 13.6 Å². The van der Waals surface area contributed by atoms with Crippen LogP contribution >= 0.6 is 0 Å². The van der Waals surface area contributed by atoms with Crippen LogP contribution in [0.25, 0.3) is 0 Å². The third-order valence-electron chi connectivity index (χ3n) is 3.86. The third-order valence-corrected chi connectivity index (χ3v) is 3.86. The fourth-order valence-corrected chi connectivity index (χ4v) is 2.17. The first-order valence-electron chi connectivity index (χ1n) is 5.23. The first-order valence-corrected chi connectivity index (χ1v) is 5.23. The molecule has 4 heteroatoms. The molecule has 0 unspecified atom stereocenters. The summed E-state index contributed by atoms with van der Waals surface area (Å²) in [5.74, 6) is 0. The zero-order chi connectivity index (χ0) is 11.9. The van der Waals surface area contributed by atoms with Crippen molar-refractivity contribution in [3.8, 4) is 0 Å². The lowest BCUT2D eigenvalue weighted by molar-refractivity contribution is -0.223. The number of hydrogen-bond acceptors (Lipinski definition) is 4. The Bertz CT molecular complexity index is 251. The van der Waals surface area contributed by atoms with E-state index in [1.807, 2.05) is 34.7 Å². The Kier molecular flexibility index (Phi) is 2.76. The Hall–Kier alpha value is -0.770. The van der Waals surface area contributed by atoms with Crippen LogP contribution in [0, 0.1) is 5.41 Å². The molecule has 88 valence electrons. The smallest absolute Gasteiger partial charge is 0.427 e. The Morgan fingerprint density at radius 2 is 1.47 bits per heavy atom. The Morgan fingerprint density at radius 3 is 1.80 bits per heavy atom. The van der Waals surface area contributed by atoms with Gasteiger partial charge in [0.1, 0.15) is 11.2 Å². The second kappa shape index (κ2) is 3.37. The van der Waals surface area contributed by atoms with Gasteiger partial charge in [-0.25, -0.2) is 4.79 Å². The summed E-state index contributed by atoms with van der Waals surface area (Å²) in [6, 6.07) is 0. The number of nitrogens with one attached hydrogen (secondary N) is 1. The molecule has 15 heavy (non-hydrogen) atoms. The van der Waals surface area contributed by atoms with Crippen LogP contribution < -0.4 is 5.32 Å². The Labute approximate surface area is 91.3 Å². The van der Waals surface area contributed by atoms with Crippen molar-refractivity contribution in [3.05, 3.63) is 0 Å². The molecule has 1 fully saturated rings. The first-order chi connectivity index (χ1) is 6.66. The van der Waals surface area contributed by atoms with Crippen LogP contribution in [0.3, 0.4) is 0 Å². The van der Waals surface area contributed by atoms with Gasteiger partial charge in [0, 0.05) is 6.54 Å². The largest absolute Gasteiger partial charge is 0.509 e. The molecule has 0 aliphatic carbocycles. The van der Waals surface area contributed by atoms with E-state index in [1.54, 1.807) is 0 Å². The van der Waals surface area contributed by atoms with E-state index >= 15 is 0 Å². The van der Waals surface area contributed by atoms with E-state index in [1.165, 1.54) is 0 Å². The SMILES string of the molecule is CNCC1(C)C(C)(C)OC(=O)OC1(C)C. The van der Waals surface area contributed by atoms with E-state index in [9.17, 15) is 4.79 Å². The van der Waals surface area contributed by atoms with Crippen molar-refractivity contribution in [3.63, 3.8) is 0 Å². The summed E-state index contributed by atoms with van der Waals surface area (Å²) < 4.78 is 10.6. The van der Waals surface area contributed by atoms with Crippen molar-refractivity contribution < 1.29 is 14.3 Å². The molecule has 1 saturated heterocycles. The molecule has 0 aromatic heterocycles. The quantitative estimate of drug-likeness (QED) is 0.715. The van der Waals surface area contributed by atoms with Crippen molar-refractivity contribution >= 4 is 6.16 Å². The Balaban J connectivity index is 3.12. The molecule has 0 radical (unpaired) electrons. The van der Waals surface area contributed by atoms with Gasteiger partial charge in [0.2, 0.25) is 0 Å². The summed E-state index contributed by atoms with van der Waals surface area (Å²) in [5.41, 5.74) is -1.37. The summed E-state index contributed by atoms with van der Waals surface area (Å²) in [6.07, 6.45) is -0.585. The highest BCUT2D eigenvalue weighted by atomic mass is 16.8. The van der Waals surface area contributed by atoms with Crippen LogP contribution in [0.15, 0.2) is 0 Å². The zero-order valence-electron chi connectivity index (χ0n) is 10.4. The highest BCUT2D eigenvalue weighted by molar-refractivity contribution is 5.63. The van der Waals surface area contributed by atoms with E-state index < -0.39 is 17.4 Å². The van der Waals surface area contributed by atoms with Gasteiger partial charge < -0.3 is 14.8 Å². The summed E-state index contributed by atoms with van der Waals surface area (Å²) in [5, 5.41) is 3.13.